The molecule has 0 bridgehead atoms. The summed E-state index contributed by atoms with van der Waals surface area (Å²) in [5.74, 6) is 0.395. The largest absolute Gasteiger partial charge is 0.313 e. The van der Waals surface area contributed by atoms with Gasteiger partial charge in [-0.15, -0.1) is 0 Å². The van der Waals surface area contributed by atoms with Gasteiger partial charge in [-0.2, -0.15) is 0 Å². The molecule has 0 aliphatic carbocycles. The molecular weight excluding hydrogens is 188 g/mol. The summed E-state index contributed by atoms with van der Waals surface area (Å²) in [6.07, 6.45) is 6.43. The number of hydrogen-bond acceptors (Lipinski definition) is 2. The molecule has 0 saturated heterocycles. The molecule has 0 aromatic carbocycles. The summed E-state index contributed by atoms with van der Waals surface area (Å²) in [6, 6.07) is 2.01. The molecule has 0 radical (unpaired) electrons. The first-order valence-corrected chi connectivity index (χ1v) is 5.44. The third-order valence-corrected chi connectivity index (χ3v) is 3.18. The topological polar surface area (TPSA) is 33.2 Å². The fraction of sp³-hybridized carbons (Fsp3) is 0.500. The van der Waals surface area contributed by atoms with Crippen molar-refractivity contribution in [1.82, 2.24) is 4.98 Å². The zero-order chi connectivity index (χ0) is 10.8. The summed E-state index contributed by atoms with van der Waals surface area (Å²) in [5, 5.41) is 0. The molecule has 1 unspecified atom stereocenters. The van der Waals surface area contributed by atoms with E-state index in [2.05, 4.69) is 11.9 Å². The second kappa shape index (κ2) is 4.01. The first-order chi connectivity index (χ1) is 7.24. The molecule has 0 N–H and O–H groups in total. The minimum atomic E-state index is 0.169. The number of rotatable bonds is 1. The molecule has 3 nitrogen and oxygen atoms in total. The number of hydrogen-bond donors (Lipinski definition) is 0. The van der Waals surface area contributed by atoms with Gasteiger partial charge < -0.3 is 4.90 Å². The first-order valence-electron chi connectivity index (χ1n) is 5.44. The van der Waals surface area contributed by atoms with Crippen molar-refractivity contribution in [2.75, 3.05) is 11.9 Å². The first kappa shape index (κ1) is 10.1. The van der Waals surface area contributed by atoms with Crippen LogP contribution < -0.4 is 4.90 Å². The number of aryl methyl sites for hydroxylation is 1. The average molecular weight is 204 g/mol. The van der Waals surface area contributed by atoms with Gasteiger partial charge in [0.25, 0.3) is 0 Å². The van der Waals surface area contributed by atoms with Gasteiger partial charge in [0.1, 0.15) is 0 Å². The fourth-order valence-corrected chi connectivity index (χ4v) is 2.15. The summed E-state index contributed by atoms with van der Waals surface area (Å²) in [7, 11) is 1.84. The van der Waals surface area contributed by atoms with Crippen molar-refractivity contribution < 1.29 is 4.79 Å². The van der Waals surface area contributed by atoms with Gasteiger partial charge in [-0.3, -0.25) is 9.78 Å². The van der Waals surface area contributed by atoms with E-state index in [-0.39, 0.29) is 11.8 Å². The zero-order valence-electron chi connectivity index (χ0n) is 9.23. The molecule has 1 aromatic heterocycles. The van der Waals surface area contributed by atoms with Crippen LogP contribution in [0.3, 0.4) is 0 Å². The molecule has 1 aliphatic heterocycles. The van der Waals surface area contributed by atoms with E-state index in [9.17, 15) is 4.79 Å². The van der Waals surface area contributed by atoms with E-state index in [1.807, 2.05) is 13.1 Å². The lowest BCUT2D eigenvalue weighted by Gasteiger charge is -2.19. The SMILES string of the molecule is CCC1CCc2ccncc2N(C)C1=O. The second-order valence-corrected chi connectivity index (χ2v) is 4.05. The molecule has 1 aliphatic rings. The highest BCUT2D eigenvalue weighted by Gasteiger charge is 2.26. The Balaban J connectivity index is 2.39. The molecule has 80 valence electrons. The molecule has 0 spiro atoms. The van der Waals surface area contributed by atoms with Crippen molar-refractivity contribution in [3.63, 3.8) is 0 Å². The van der Waals surface area contributed by atoms with Gasteiger partial charge in [-0.1, -0.05) is 6.92 Å². The van der Waals surface area contributed by atoms with Crippen LogP contribution in [-0.2, 0) is 11.2 Å². The number of nitrogens with zero attached hydrogens (tertiary/aromatic N) is 2. The molecule has 1 aromatic rings. The highest BCUT2D eigenvalue weighted by molar-refractivity contribution is 5.95. The van der Waals surface area contributed by atoms with Gasteiger partial charge in [0.15, 0.2) is 0 Å². The smallest absolute Gasteiger partial charge is 0.229 e. The number of amides is 1. The standard InChI is InChI=1S/C12H16N2O/c1-3-9-4-5-10-6-7-13-8-11(10)14(2)12(9)15/h6-9H,3-5H2,1-2H3. The maximum Gasteiger partial charge on any atom is 0.229 e. The van der Waals surface area contributed by atoms with E-state index < -0.39 is 0 Å². The third-order valence-electron chi connectivity index (χ3n) is 3.18. The van der Waals surface area contributed by atoms with Gasteiger partial charge in [-0.05, 0) is 30.9 Å². The number of fused-ring (bicyclic) bond motifs is 1. The number of pyridine rings is 1. The van der Waals surface area contributed by atoms with Crippen LogP contribution in [-0.4, -0.2) is 17.9 Å². The summed E-state index contributed by atoms with van der Waals surface area (Å²) in [6.45, 7) is 2.07. The third kappa shape index (κ3) is 1.74. The van der Waals surface area contributed by atoms with Crippen molar-refractivity contribution in [3.8, 4) is 0 Å². The predicted octanol–water partition coefficient (Wildman–Crippen LogP) is 2.02. The van der Waals surface area contributed by atoms with Gasteiger partial charge in [0.05, 0.1) is 11.9 Å². The molecule has 1 amide bonds. The Morgan fingerprint density at radius 3 is 3.13 bits per heavy atom. The molecule has 0 saturated carbocycles. The summed E-state index contributed by atoms with van der Waals surface area (Å²) >= 11 is 0. The van der Waals surface area contributed by atoms with E-state index >= 15 is 0 Å². The number of aromatic nitrogens is 1. The lowest BCUT2D eigenvalue weighted by molar-refractivity contribution is -0.122. The molecule has 2 heterocycles. The molecule has 2 rings (SSSR count). The van der Waals surface area contributed by atoms with E-state index in [4.69, 9.17) is 0 Å². The predicted molar refractivity (Wildman–Crippen MR) is 59.7 cm³/mol. The number of anilines is 1. The van der Waals surface area contributed by atoms with Crippen molar-refractivity contribution >= 4 is 11.6 Å². The van der Waals surface area contributed by atoms with Crippen LogP contribution in [0.2, 0.25) is 0 Å². The molecular formula is C12H16N2O. The normalized spacial score (nSPS) is 21.1. The maximum atomic E-state index is 12.0. The van der Waals surface area contributed by atoms with Crippen LogP contribution in [0.15, 0.2) is 18.5 Å². The van der Waals surface area contributed by atoms with E-state index in [1.54, 1.807) is 17.3 Å². The lowest BCUT2D eigenvalue weighted by atomic mass is 9.98. The summed E-state index contributed by atoms with van der Waals surface area (Å²) < 4.78 is 0. The van der Waals surface area contributed by atoms with Crippen LogP contribution in [0.25, 0.3) is 0 Å². The Morgan fingerprint density at radius 1 is 1.60 bits per heavy atom. The molecule has 15 heavy (non-hydrogen) atoms. The van der Waals surface area contributed by atoms with Crippen LogP contribution >= 0.6 is 0 Å². The van der Waals surface area contributed by atoms with Crippen LogP contribution in [0.1, 0.15) is 25.3 Å². The van der Waals surface area contributed by atoms with Crippen molar-refractivity contribution in [3.05, 3.63) is 24.0 Å². The summed E-state index contributed by atoms with van der Waals surface area (Å²) in [4.78, 5) is 17.9. The Kier molecular flexibility index (Phi) is 2.71. The fourth-order valence-electron chi connectivity index (χ4n) is 2.15. The van der Waals surface area contributed by atoms with Gasteiger partial charge >= 0.3 is 0 Å². The van der Waals surface area contributed by atoms with E-state index in [0.717, 1.165) is 24.9 Å². The van der Waals surface area contributed by atoms with E-state index in [1.165, 1.54) is 5.56 Å². The minimum Gasteiger partial charge on any atom is -0.313 e. The van der Waals surface area contributed by atoms with Crippen LogP contribution in [0.5, 0.6) is 0 Å². The van der Waals surface area contributed by atoms with Crippen LogP contribution in [0.4, 0.5) is 5.69 Å². The highest BCUT2D eigenvalue weighted by atomic mass is 16.2. The quantitative estimate of drug-likeness (QED) is 0.701. The zero-order valence-corrected chi connectivity index (χ0v) is 9.23. The Morgan fingerprint density at radius 2 is 2.40 bits per heavy atom. The Hall–Kier alpha value is -1.38. The number of carbonyl (C=O) groups is 1. The Bertz CT molecular complexity index is 376. The monoisotopic (exact) mass is 204 g/mol. The highest BCUT2D eigenvalue weighted by Crippen LogP contribution is 2.28. The van der Waals surface area contributed by atoms with E-state index in [0.29, 0.717) is 0 Å². The van der Waals surface area contributed by atoms with Gasteiger partial charge in [0, 0.05) is 19.2 Å². The van der Waals surface area contributed by atoms with Crippen molar-refractivity contribution in [2.45, 2.75) is 26.2 Å². The second-order valence-electron chi connectivity index (χ2n) is 4.05. The molecule has 1 atom stereocenters. The maximum absolute atomic E-state index is 12.0. The Labute approximate surface area is 90.1 Å². The molecule has 0 fully saturated rings. The minimum absolute atomic E-state index is 0.169. The lowest BCUT2D eigenvalue weighted by Crippen LogP contribution is -2.31. The average Bonchev–Trinajstić information content (AvgIpc) is 2.39. The molecule has 3 heteroatoms. The number of carbonyl (C=O) groups excluding carboxylic acids is 1. The van der Waals surface area contributed by atoms with Crippen molar-refractivity contribution in [1.29, 1.82) is 0 Å². The van der Waals surface area contributed by atoms with Crippen molar-refractivity contribution in [2.24, 2.45) is 5.92 Å². The van der Waals surface area contributed by atoms with Gasteiger partial charge in [0.2, 0.25) is 5.91 Å². The van der Waals surface area contributed by atoms with Crippen LogP contribution in [0, 0.1) is 5.92 Å². The summed E-state index contributed by atoms with van der Waals surface area (Å²) in [5.41, 5.74) is 2.20. The van der Waals surface area contributed by atoms with Gasteiger partial charge in [-0.25, -0.2) is 0 Å².